The van der Waals surface area contributed by atoms with Crippen LogP contribution in [0.4, 0.5) is 0 Å². The first-order valence-corrected chi connectivity index (χ1v) is 6.25. The number of methoxy groups -OCH3 is 1. The quantitative estimate of drug-likeness (QED) is 0.844. The van der Waals surface area contributed by atoms with Gasteiger partial charge in [0.1, 0.15) is 0 Å². The molecule has 1 aromatic rings. The molecule has 0 aliphatic heterocycles. The van der Waals surface area contributed by atoms with Gasteiger partial charge in [-0.2, -0.15) is 0 Å². The molecule has 0 spiro atoms. The van der Waals surface area contributed by atoms with Crippen LogP contribution < -0.4 is 5.32 Å². The number of hydrogen-bond acceptors (Lipinski definition) is 2. The van der Waals surface area contributed by atoms with Crippen molar-refractivity contribution in [3.8, 4) is 0 Å². The van der Waals surface area contributed by atoms with E-state index in [1.807, 2.05) is 6.07 Å². The highest BCUT2D eigenvalue weighted by Gasteiger charge is 2.23. The number of ether oxygens (including phenoxy) is 1. The zero-order valence-corrected chi connectivity index (χ0v) is 11.7. The minimum Gasteiger partial charge on any atom is -0.383 e. The molecule has 0 saturated heterocycles. The fraction of sp³-hybridized carbons (Fsp3) is 0.600. The molecule has 96 valence electrons. The predicted molar refractivity (Wildman–Crippen MR) is 73.1 cm³/mol. The molecule has 0 bridgehead atoms. The van der Waals surface area contributed by atoms with Crippen molar-refractivity contribution < 1.29 is 4.74 Å². The number of hydrogen-bond donors (Lipinski definition) is 1. The van der Waals surface area contributed by atoms with Crippen molar-refractivity contribution in [2.75, 3.05) is 13.7 Å². The van der Waals surface area contributed by atoms with Gasteiger partial charge in [0.2, 0.25) is 0 Å². The standard InChI is InChI=1S/C15H25NO/c1-12(15(2,3)4)16-14(11-17-5)13-9-7-6-8-10-13/h6-10,12,14,16H,11H2,1-5H3. The summed E-state index contributed by atoms with van der Waals surface area (Å²) in [5.74, 6) is 0. The summed E-state index contributed by atoms with van der Waals surface area (Å²) in [6.45, 7) is 9.68. The summed E-state index contributed by atoms with van der Waals surface area (Å²) in [5, 5.41) is 3.65. The molecule has 0 fully saturated rings. The van der Waals surface area contributed by atoms with Crippen LogP contribution in [0.15, 0.2) is 30.3 Å². The van der Waals surface area contributed by atoms with Gasteiger partial charge in [-0.1, -0.05) is 51.1 Å². The van der Waals surface area contributed by atoms with E-state index in [1.54, 1.807) is 7.11 Å². The lowest BCUT2D eigenvalue weighted by Crippen LogP contribution is -2.41. The summed E-state index contributed by atoms with van der Waals surface area (Å²) in [5.41, 5.74) is 1.53. The molecule has 2 nitrogen and oxygen atoms in total. The molecule has 1 aromatic carbocycles. The summed E-state index contributed by atoms with van der Waals surface area (Å²) in [6, 6.07) is 11.2. The van der Waals surface area contributed by atoms with Gasteiger partial charge in [-0.3, -0.25) is 0 Å². The summed E-state index contributed by atoms with van der Waals surface area (Å²) < 4.78 is 5.31. The Hall–Kier alpha value is -0.860. The van der Waals surface area contributed by atoms with Crippen LogP contribution in [-0.2, 0) is 4.74 Å². The van der Waals surface area contributed by atoms with Gasteiger partial charge in [-0.15, -0.1) is 0 Å². The van der Waals surface area contributed by atoms with Crippen molar-refractivity contribution in [1.29, 1.82) is 0 Å². The topological polar surface area (TPSA) is 21.3 Å². The van der Waals surface area contributed by atoms with E-state index >= 15 is 0 Å². The smallest absolute Gasteiger partial charge is 0.0657 e. The minimum absolute atomic E-state index is 0.251. The SMILES string of the molecule is COCC(NC(C)C(C)(C)C)c1ccccc1. The third kappa shape index (κ3) is 4.49. The second-order valence-corrected chi connectivity index (χ2v) is 5.67. The Labute approximate surface area is 105 Å². The van der Waals surface area contributed by atoms with Crippen molar-refractivity contribution in [2.45, 2.75) is 39.8 Å². The van der Waals surface area contributed by atoms with E-state index in [1.165, 1.54) is 5.56 Å². The molecular weight excluding hydrogens is 210 g/mol. The molecule has 0 heterocycles. The number of rotatable bonds is 5. The second kappa shape index (κ2) is 6.18. The first kappa shape index (κ1) is 14.2. The van der Waals surface area contributed by atoms with E-state index in [4.69, 9.17) is 4.74 Å². The van der Waals surface area contributed by atoms with Crippen molar-refractivity contribution in [3.63, 3.8) is 0 Å². The van der Waals surface area contributed by atoms with E-state index in [-0.39, 0.29) is 11.5 Å². The van der Waals surface area contributed by atoms with Gasteiger partial charge in [0.05, 0.1) is 12.6 Å². The lowest BCUT2D eigenvalue weighted by Gasteiger charge is -2.32. The zero-order chi connectivity index (χ0) is 12.9. The van der Waals surface area contributed by atoms with Crippen molar-refractivity contribution in [1.82, 2.24) is 5.32 Å². The van der Waals surface area contributed by atoms with Crippen LogP contribution in [-0.4, -0.2) is 19.8 Å². The zero-order valence-electron chi connectivity index (χ0n) is 11.7. The molecular formula is C15H25NO. The van der Waals surface area contributed by atoms with Crippen LogP contribution in [0, 0.1) is 5.41 Å². The Balaban J connectivity index is 2.74. The summed E-state index contributed by atoms with van der Waals surface area (Å²) in [6.07, 6.45) is 0. The third-order valence-corrected chi connectivity index (χ3v) is 3.29. The maximum absolute atomic E-state index is 5.31. The van der Waals surface area contributed by atoms with E-state index in [2.05, 4.69) is 57.3 Å². The maximum atomic E-state index is 5.31. The summed E-state index contributed by atoms with van der Waals surface area (Å²) in [4.78, 5) is 0. The molecule has 1 rings (SSSR count). The molecule has 0 aliphatic carbocycles. The van der Waals surface area contributed by atoms with Crippen molar-refractivity contribution in [3.05, 3.63) is 35.9 Å². The number of benzene rings is 1. The van der Waals surface area contributed by atoms with Gasteiger partial charge in [-0.05, 0) is 17.9 Å². The van der Waals surface area contributed by atoms with E-state index < -0.39 is 0 Å². The second-order valence-electron chi connectivity index (χ2n) is 5.67. The lowest BCUT2D eigenvalue weighted by molar-refractivity contribution is 0.147. The molecule has 0 saturated carbocycles. The molecule has 0 radical (unpaired) electrons. The maximum Gasteiger partial charge on any atom is 0.0657 e. The normalized spacial score (nSPS) is 15.6. The molecule has 2 atom stereocenters. The molecule has 2 unspecified atom stereocenters. The highest BCUT2D eigenvalue weighted by Crippen LogP contribution is 2.22. The largest absolute Gasteiger partial charge is 0.383 e. The van der Waals surface area contributed by atoms with Gasteiger partial charge in [-0.25, -0.2) is 0 Å². The van der Waals surface area contributed by atoms with E-state index in [0.717, 1.165) is 0 Å². The monoisotopic (exact) mass is 235 g/mol. The van der Waals surface area contributed by atoms with Crippen LogP contribution in [0.2, 0.25) is 0 Å². The van der Waals surface area contributed by atoms with E-state index in [9.17, 15) is 0 Å². The van der Waals surface area contributed by atoms with Crippen molar-refractivity contribution in [2.24, 2.45) is 5.41 Å². The first-order chi connectivity index (χ1) is 7.95. The molecule has 0 amide bonds. The fourth-order valence-corrected chi connectivity index (χ4v) is 1.64. The van der Waals surface area contributed by atoms with Crippen LogP contribution in [0.1, 0.15) is 39.3 Å². The molecule has 1 N–H and O–H groups in total. The third-order valence-electron chi connectivity index (χ3n) is 3.29. The number of nitrogens with one attached hydrogen (secondary N) is 1. The summed E-state index contributed by atoms with van der Waals surface area (Å²) in [7, 11) is 1.75. The van der Waals surface area contributed by atoms with Gasteiger partial charge < -0.3 is 10.1 Å². The molecule has 0 aromatic heterocycles. The highest BCUT2D eigenvalue weighted by atomic mass is 16.5. The Kier molecular flexibility index (Phi) is 5.16. The Morgan fingerprint density at radius 2 is 1.76 bits per heavy atom. The van der Waals surface area contributed by atoms with Crippen LogP contribution in [0.5, 0.6) is 0 Å². The fourth-order valence-electron chi connectivity index (χ4n) is 1.64. The average Bonchev–Trinajstić information content (AvgIpc) is 2.28. The highest BCUT2D eigenvalue weighted by molar-refractivity contribution is 5.19. The van der Waals surface area contributed by atoms with Gasteiger partial charge in [0.15, 0.2) is 0 Å². The van der Waals surface area contributed by atoms with Crippen molar-refractivity contribution >= 4 is 0 Å². The van der Waals surface area contributed by atoms with Gasteiger partial charge in [0.25, 0.3) is 0 Å². The van der Waals surface area contributed by atoms with Gasteiger partial charge in [0, 0.05) is 13.2 Å². The van der Waals surface area contributed by atoms with Crippen LogP contribution in [0.3, 0.4) is 0 Å². The molecule has 17 heavy (non-hydrogen) atoms. The first-order valence-electron chi connectivity index (χ1n) is 6.25. The lowest BCUT2D eigenvalue weighted by atomic mass is 9.87. The Morgan fingerprint density at radius 1 is 1.18 bits per heavy atom. The minimum atomic E-state index is 0.251. The molecule has 0 aliphatic rings. The Bertz CT molecular complexity index is 315. The summed E-state index contributed by atoms with van der Waals surface area (Å²) >= 11 is 0. The van der Waals surface area contributed by atoms with Gasteiger partial charge >= 0.3 is 0 Å². The average molecular weight is 235 g/mol. The predicted octanol–water partition coefficient (Wildman–Crippen LogP) is 3.40. The van der Waals surface area contributed by atoms with E-state index in [0.29, 0.717) is 12.6 Å². The molecule has 2 heteroatoms. The van der Waals surface area contributed by atoms with Crippen LogP contribution in [0.25, 0.3) is 0 Å². The van der Waals surface area contributed by atoms with Crippen LogP contribution >= 0.6 is 0 Å². The Morgan fingerprint density at radius 3 is 2.24 bits per heavy atom.